The first kappa shape index (κ1) is 18.5. The maximum atomic E-state index is 11.9. The molecule has 0 unspecified atom stereocenters. The van der Waals surface area contributed by atoms with Gasteiger partial charge in [-0.15, -0.1) is 12.4 Å². The number of hydrogen-bond donors (Lipinski definition) is 2. The fraction of sp³-hybridized carbons (Fsp3) is 0.455. The summed E-state index contributed by atoms with van der Waals surface area (Å²) in [4.78, 5) is 15.2. The van der Waals surface area contributed by atoms with E-state index in [1.807, 2.05) is 0 Å². The summed E-state index contributed by atoms with van der Waals surface area (Å²) in [5.41, 5.74) is 5.57. The molecule has 1 heterocycles. The predicted molar refractivity (Wildman–Crippen MR) is 69.0 cm³/mol. The third-order valence-electron chi connectivity index (χ3n) is 2.11. The standard InChI is InChI=1S/C11H14F3N3O2.ClH/c1-7(4-15)17-10(18)8-2-3-9(16-5-8)19-6-11(12,13)14;/h2-3,5,7H,4,6,15H2,1H3,(H,17,18);1H/t7-;/m0./s1. The average Bonchev–Trinajstić information content (AvgIpc) is 2.36. The van der Waals surface area contributed by atoms with Crippen LogP contribution in [0.2, 0.25) is 0 Å². The molecule has 20 heavy (non-hydrogen) atoms. The third-order valence-corrected chi connectivity index (χ3v) is 2.11. The molecule has 1 aromatic heterocycles. The number of hydrogen-bond acceptors (Lipinski definition) is 4. The number of nitrogens with zero attached hydrogens (tertiary/aromatic N) is 1. The van der Waals surface area contributed by atoms with Crippen LogP contribution in [0.4, 0.5) is 13.2 Å². The van der Waals surface area contributed by atoms with E-state index in [1.54, 1.807) is 6.92 Å². The molecule has 3 N–H and O–H groups in total. The molecule has 0 bridgehead atoms. The highest BCUT2D eigenvalue weighted by Crippen LogP contribution is 2.16. The van der Waals surface area contributed by atoms with Crippen molar-refractivity contribution in [2.24, 2.45) is 5.73 Å². The molecule has 9 heteroatoms. The molecule has 0 aliphatic rings. The summed E-state index contributed by atoms with van der Waals surface area (Å²) < 4.78 is 40.1. The zero-order chi connectivity index (χ0) is 14.5. The molecule has 1 amide bonds. The SMILES string of the molecule is C[C@@H](CN)NC(=O)c1ccc(OCC(F)(F)F)nc1.Cl. The normalized spacial score (nSPS) is 12.2. The molecule has 0 fully saturated rings. The first-order valence-corrected chi connectivity index (χ1v) is 5.48. The highest BCUT2D eigenvalue weighted by Gasteiger charge is 2.28. The second kappa shape index (κ2) is 7.91. The van der Waals surface area contributed by atoms with Crippen molar-refractivity contribution in [2.75, 3.05) is 13.2 Å². The van der Waals surface area contributed by atoms with Gasteiger partial charge in [-0.25, -0.2) is 4.98 Å². The van der Waals surface area contributed by atoms with E-state index < -0.39 is 18.7 Å². The van der Waals surface area contributed by atoms with E-state index in [-0.39, 0.29) is 36.4 Å². The highest BCUT2D eigenvalue weighted by atomic mass is 35.5. The van der Waals surface area contributed by atoms with Crippen LogP contribution in [0.3, 0.4) is 0 Å². The molecule has 0 saturated carbocycles. The van der Waals surface area contributed by atoms with Crippen molar-refractivity contribution in [3.63, 3.8) is 0 Å². The number of ether oxygens (including phenoxy) is 1. The number of carbonyl (C=O) groups is 1. The minimum Gasteiger partial charge on any atom is -0.468 e. The second-order valence-corrected chi connectivity index (χ2v) is 3.90. The number of aromatic nitrogens is 1. The highest BCUT2D eigenvalue weighted by molar-refractivity contribution is 5.94. The third kappa shape index (κ3) is 6.58. The van der Waals surface area contributed by atoms with Gasteiger partial charge in [0.2, 0.25) is 5.88 Å². The number of nitrogens with one attached hydrogen (secondary N) is 1. The van der Waals surface area contributed by atoms with Gasteiger partial charge in [-0.05, 0) is 13.0 Å². The summed E-state index contributed by atoms with van der Waals surface area (Å²) in [5.74, 6) is -0.589. The van der Waals surface area contributed by atoms with Gasteiger partial charge in [0.25, 0.3) is 5.91 Å². The van der Waals surface area contributed by atoms with Gasteiger partial charge >= 0.3 is 6.18 Å². The van der Waals surface area contributed by atoms with Crippen molar-refractivity contribution in [3.05, 3.63) is 23.9 Å². The van der Waals surface area contributed by atoms with Gasteiger partial charge in [0.1, 0.15) is 0 Å². The number of pyridine rings is 1. The lowest BCUT2D eigenvalue weighted by molar-refractivity contribution is -0.154. The summed E-state index contributed by atoms with van der Waals surface area (Å²) in [6.07, 6.45) is -3.28. The van der Waals surface area contributed by atoms with Crippen LogP contribution in [-0.2, 0) is 0 Å². The Morgan fingerprint density at radius 2 is 2.15 bits per heavy atom. The van der Waals surface area contributed by atoms with Crippen LogP contribution in [-0.4, -0.2) is 36.3 Å². The van der Waals surface area contributed by atoms with Crippen LogP contribution >= 0.6 is 12.4 Å². The Kier molecular flexibility index (Phi) is 7.30. The zero-order valence-corrected chi connectivity index (χ0v) is 11.4. The van der Waals surface area contributed by atoms with E-state index in [4.69, 9.17) is 5.73 Å². The Labute approximate surface area is 120 Å². The molecule has 0 aromatic carbocycles. The summed E-state index contributed by atoms with van der Waals surface area (Å²) >= 11 is 0. The Morgan fingerprint density at radius 3 is 2.60 bits per heavy atom. The summed E-state index contributed by atoms with van der Waals surface area (Å²) in [5, 5.41) is 2.60. The molecule has 1 rings (SSSR count). The molecule has 5 nitrogen and oxygen atoms in total. The van der Waals surface area contributed by atoms with Crippen LogP contribution in [0, 0.1) is 0 Å². The quantitative estimate of drug-likeness (QED) is 0.864. The molecule has 0 saturated heterocycles. The number of carbonyl (C=O) groups excluding carboxylic acids is 1. The number of rotatable bonds is 5. The van der Waals surface area contributed by atoms with Crippen molar-refractivity contribution in [1.29, 1.82) is 0 Å². The number of nitrogens with two attached hydrogens (primary N) is 1. The van der Waals surface area contributed by atoms with Gasteiger partial charge in [0.15, 0.2) is 6.61 Å². The average molecular weight is 314 g/mol. The predicted octanol–water partition coefficient (Wildman–Crippen LogP) is 1.52. The van der Waals surface area contributed by atoms with Crippen molar-refractivity contribution >= 4 is 18.3 Å². The van der Waals surface area contributed by atoms with Gasteiger partial charge in [-0.2, -0.15) is 13.2 Å². The van der Waals surface area contributed by atoms with Crippen molar-refractivity contribution < 1.29 is 22.7 Å². The first-order chi connectivity index (χ1) is 8.81. The van der Waals surface area contributed by atoms with E-state index in [9.17, 15) is 18.0 Å². The number of amides is 1. The summed E-state index contributed by atoms with van der Waals surface area (Å²) in [7, 11) is 0. The molecule has 0 spiro atoms. The molecule has 114 valence electrons. The Hall–Kier alpha value is -1.54. The van der Waals surface area contributed by atoms with Crippen molar-refractivity contribution in [3.8, 4) is 5.88 Å². The van der Waals surface area contributed by atoms with E-state index in [0.717, 1.165) is 6.20 Å². The van der Waals surface area contributed by atoms with Crippen molar-refractivity contribution in [2.45, 2.75) is 19.1 Å². The van der Waals surface area contributed by atoms with E-state index in [2.05, 4.69) is 15.0 Å². The van der Waals surface area contributed by atoms with E-state index >= 15 is 0 Å². The molecular formula is C11H15ClF3N3O2. The van der Waals surface area contributed by atoms with E-state index in [1.165, 1.54) is 12.1 Å². The van der Waals surface area contributed by atoms with Gasteiger partial charge in [-0.3, -0.25) is 4.79 Å². The topological polar surface area (TPSA) is 77.2 Å². The maximum absolute atomic E-state index is 11.9. The van der Waals surface area contributed by atoms with Gasteiger partial charge < -0.3 is 15.8 Å². The molecule has 1 aromatic rings. The molecule has 0 aliphatic heterocycles. The first-order valence-electron chi connectivity index (χ1n) is 5.48. The Balaban J connectivity index is 0.00000361. The minimum absolute atomic E-state index is 0. The van der Waals surface area contributed by atoms with Crippen LogP contribution in [0.25, 0.3) is 0 Å². The minimum atomic E-state index is -4.42. The van der Waals surface area contributed by atoms with Crippen molar-refractivity contribution in [1.82, 2.24) is 10.3 Å². The van der Waals surface area contributed by atoms with Crippen LogP contribution in [0.1, 0.15) is 17.3 Å². The summed E-state index contributed by atoms with van der Waals surface area (Å²) in [6, 6.07) is 2.33. The monoisotopic (exact) mass is 313 g/mol. The molecular weight excluding hydrogens is 299 g/mol. The molecule has 0 aliphatic carbocycles. The Morgan fingerprint density at radius 1 is 1.50 bits per heavy atom. The van der Waals surface area contributed by atoms with Gasteiger partial charge in [0.05, 0.1) is 5.56 Å². The maximum Gasteiger partial charge on any atom is 0.422 e. The second-order valence-electron chi connectivity index (χ2n) is 3.90. The van der Waals surface area contributed by atoms with Gasteiger partial charge in [0, 0.05) is 24.8 Å². The molecule has 1 atom stereocenters. The van der Waals surface area contributed by atoms with Gasteiger partial charge in [-0.1, -0.05) is 0 Å². The largest absolute Gasteiger partial charge is 0.468 e. The lowest BCUT2D eigenvalue weighted by Gasteiger charge is -2.11. The van der Waals surface area contributed by atoms with Crippen LogP contribution in [0.15, 0.2) is 18.3 Å². The number of halogens is 4. The van der Waals surface area contributed by atoms with E-state index in [0.29, 0.717) is 0 Å². The fourth-order valence-corrected chi connectivity index (χ4v) is 1.12. The van der Waals surface area contributed by atoms with Crippen LogP contribution in [0.5, 0.6) is 5.88 Å². The lowest BCUT2D eigenvalue weighted by Crippen LogP contribution is -2.37. The lowest BCUT2D eigenvalue weighted by atomic mass is 10.2. The Bertz CT molecular complexity index is 426. The van der Waals surface area contributed by atoms with Crippen LogP contribution < -0.4 is 15.8 Å². The smallest absolute Gasteiger partial charge is 0.422 e. The summed E-state index contributed by atoms with van der Waals surface area (Å²) in [6.45, 7) is 0.591. The zero-order valence-electron chi connectivity index (χ0n) is 10.6. The molecule has 0 radical (unpaired) electrons. The fourth-order valence-electron chi connectivity index (χ4n) is 1.12. The number of alkyl halides is 3.